The fourth-order valence-electron chi connectivity index (χ4n) is 4.01. The van der Waals surface area contributed by atoms with E-state index >= 15 is 0 Å². The average Bonchev–Trinajstić information content (AvgIpc) is 3.22. The van der Waals surface area contributed by atoms with E-state index in [1.165, 1.54) is 19.3 Å². The van der Waals surface area contributed by atoms with Crippen molar-refractivity contribution in [3.05, 3.63) is 17.0 Å². The molecule has 138 valence electrons. The molecule has 2 fully saturated rings. The van der Waals surface area contributed by atoms with Crippen LogP contribution in [0.5, 0.6) is 0 Å². The molecular weight excluding hydrogens is 318 g/mol. The lowest BCUT2D eigenvalue weighted by atomic mass is 9.95. The summed E-state index contributed by atoms with van der Waals surface area (Å²) < 4.78 is 5.36. The van der Waals surface area contributed by atoms with Gasteiger partial charge in [-0.15, -0.1) is 0 Å². The van der Waals surface area contributed by atoms with Crippen LogP contribution in [0.4, 0.5) is 0 Å². The largest absolute Gasteiger partial charge is 0.360 e. The first-order valence-corrected chi connectivity index (χ1v) is 9.56. The summed E-state index contributed by atoms with van der Waals surface area (Å²) in [6, 6.07) is -0.105. The van der Waals surface area contributed by atoms with E-state index in [-0.39, 0.29) is 29.8 Å². The molecule has 1 unspecified atom stereocenters. The normalized spacial score (nSPS) is 21.8. The van der Waals surface area contributed by atoms with Gasteiger partial charge in [0, 0.05) is 18.5 Å². The molecule has 2 amide bonds. The molecule has 1 aromatic heterocycles. The third-order valence-corrected chi connectivity index (χ3v) is 5.40. The second-order valence-corrected chi connectivity index (χ2v) is 7.66. The zero-order chi connectivity index (χ0) is 18.0. The van der Waals surface area contributed by atoms with Crippen LogP contribution in [0, 0.1) is 6.92 Å². The van der Waals surface area contributed by atoms with Crippen LogP contribution in [0.1, 0.15) is 86.5 Å². The summed E-state index contributed by atoms with van der Waals surface area (Å²) in [6.07, 6.45) is 7.29. The van der Waals surface area contributed by atoms with E-state index in [1.54, 1.807) is 11.8 Å². The van der Waals surface area contributed by atoms with Crippen molar-refractivity contribution >= 4 is 11.8 Å². The summed E-state index contributed by atoms with van der Waals surface area (Å²) in [5.74, 6) is 0.569. The minimum Gasteiger partial charge on any atom is -0.360 e. The van der Waals surface area contributed by atoms with Gasteiger partial charge in [-0.05, 0) is 32.6 Å². The first-order valence-electron chi connectivity index (χ1n) is 9.56. The summed E-state index contributed by atoms with van der Waals surface area (Å²) in [4.78, 5) is 27.6. The summed E-state index contributed by atoms with van der Waals surface area (Å²) in [7, 11) is 0. The zero-order valence-electron chi connectivity index (χ0n) is 15.5. The maximum absolute atomic E-state index is 13.1. The Labute approximate surface area is 149 Å². The van der Waals surface area contributed by atoms with Gasteiger partial charge in [-0.1, -0.05) is 38.3 Å². The molecule has 1 aromatic rings. The first-order chi connectivity index (χ1) is 12.0. The van der Waals surface area contributed by atoms with E-state index in [2.05, 4.69) is 10.5 Å². The van der Waals surface area contributed by atoms with Gasteiger partial charge in [0.2, 0.25) is 5.91 Å². The van der Waals surface area contributed by atoms with Crippen LogP contribution < -0.4 is 5.32 Å². The Balaban J connectivity index is 1.73. The van der Waals surface area contributed by atoms with Gasteiger partial charge in [-0.25, -0.2) is 0 Å². The summed E-state index contributed by atoms with van der Waals surface area (Å²) in [6.45, 7) is 6.36. The number of carbonyl (C=O) groups excluding carboxylic acids is 2. The number of hydrogen-bond acceptors (Lipinski definition) is 4. The Hall–Kier alpha value is -1.85. The molecule has 2 aliphatic rings. The van der Waals surface area contributed by atoms with Crippen LogP contribution in [0.25, 0.3) is 0 Å². The third kappa shape index (κ3) is 3.72. The highest BCUT2D eigenvalue weighted by molar-refractivity contribution is 5.99. The zero-order valence-corrected chi connectivity index (χ0v) is 15.5. The molecule has 1 saturated carbocycles. The molecule has 1 N–H and O–H groups in total. The number of carbonyl (C=O) groups is 2. The molecule has 1 aliphatic carbocycles. The predicted octanol–water partition coefficient (Wildman–Crippen LogP) is 3.16. The van der Waals surface area contributed by atoms with E-state index in [0.717, 1.165) is 25.7 Å². The molecule has 0 aromatic carbocycles. The Morgan fingerprint density at radius 3 is 2.56 bits per heavy atom. The van der Waals surface area contributed by atoms with Gasteiger partial charge in [-0.2, -0.15) is 0 Å². The Kier molecular flexibility index (Phi) is 5.45. The van der Waals surface area contributed by atoms with Crippen LogP contribution in [-0.2, 0) is 4.79 Å². The molecule has 1 atom stereocenters. The topological polar surface area (TPSA) is 75.4 Å². The van der Waals surface area contributed by atoms with Crippen LogP contribution >= 0.6 is 0 Å². The van der Waals surface area contributed by atoms with Gasteiger partial charge in [0.25, 0.3) is 5.91 Å². The Morgan fingerprint density at radius 1 is 1.16 bits per heavy atom. The van der Waals surface area contributed by atoms with Gasteiger partial charge in [0.05, 0.1) is 5.69 Å². The molecule has 6 nitrogen and oxygen atoms in total. The third-order valence-electron chi connectivity index (χ3n) is 5.40. The number of nitrogens with zero attached hydrogens (tertiary/aromatic N) is 2. The molecule has 0 spiro atoms. The lowest BCUT2D eigenvalue weighted by molar-refractivity contribution is -0.125. The van der Waals surface area contributed by atoms with E-state index in [1.807, 2.05) is 13.8 Å². The number of hydrogen-bond donors (Lipinski definition) is 1. The maximum Gasteiger partial charge on any atom is 0.260 e. The number of likely N-dealkylation sites (tertiary alicyclic amines) is 1. The predicted molar refractivity (Wildman–Crippen MR) is 94.4 cm³/mol. The number of aryl methyl sites for hydroxylation is 1. The van der Waals surface area contributed by atoms with Crippen molar-refractivity contribution in [2.24, 2.45) is 0 Å². The highest BCUT2D eigenvalue weighted by Gasteiger charge is 2.38. The second-order valence-electron chi connectivity index (χ2n) is 7.66. The molecule has 0 bridgehead atoms. The fraction of sp³-hybridized carbons (Fsp3) is 0.737. The molecule has 3 rings (SSSR count). The maximum atomic E-state index is 13.1. The molecule has 2 heterocycles. The van der Waals surface area contributed by atoms with Crippen molar-refractivity contribution in [1.82, 2.24) is 15.4 Å². The van der Waals surface area contributed by atoms with Gasteiger partial charge in [0.15, 0.2) is 5.76 Å². The number of aromatic nitrogens is 1. The van der Waals surface area contributed by atoms with Gasteiger partial charge >= 0.3 is 0 Å². The number of nitrogens with one attached hydrogen (secondary N) is 1. The van der Waals surface area contributed by atoms with Crippen LogP contribution in [0.15, 0.2) is 4.52 Å². The molecule has 6 heteroatoms. The van der Waals surface area contributed by atoms with Crippen LogP contribution in [0.2, 0.25) is 0 Å². The smallest absolute Gasteiger partial charge is 0.260 e. The summed E-state index contributed by atoms with van der Waals surface area (Å²) >= 11 is 0. The molecule has 1 aliphatic heterocycles. The van der Waals surface area contributed by atoms with Crippen LogP contribution in [-0.4, -0.2) is 40.5 Å². The number of rotatable bonds is 4. The van der Waals surface area contributed by atoms with Crippen molar-refractivity contribution in [3.63, 3.8) is 0 Å². The van der Waals surface area contributed by atoms with Crippen molar-refractivity contribution in [1.29, 1.82) is 0 Å². The van der Waals surface area contributed by atoms with E-state index in [4.69, 9.17) is 4.52 Å². The van der Waals surface area contributed by atoms with Crippen molar-refractivity contribution in [2.75, 3.05) is 6.54 Å². The van der Waals surface area contributed by atoms with E-state index in [9.17, 15) is 9.59 Å². The average molecular weight is 347 g/mol. The minimum atomic E-state index is -0.372. The van der Waals surface area contributed by atoms with Crippen LogP contribution in [0.3, 0.4) is 0 Å². The quantitative estimate of drug-likeness (QED) is 0.908. The summed E-state index contributed by atoms with van der Waals surface area (Å²) in [5.41, 5.74) is 1.14. The fourth-order valence-corrected chi connectivity index (χ4v) is 4.01. The molecular formula is C19H29N3O3. The Morgan fingerprint density at radius 2 is 1.88 bits per heavy atom. The summed E-state index contributed by atoms with van der Waals surface area (Å²) in [5, 5.41) is 7.14. The van der Waals surface area contributed by atoms with E-state index < -0.39 is 0 Å². The molecule has 1 saturated heterocycles. The highest BCUT2D eigenvalue weighted by atomic mass is 16.5. The van der Waals surface area contributed by atoms with Crippen molar-refractivity contribution in [3.8, 4) is 0 Å². The first kappa shape index (κ1) is 18.0. The molecule has 0 radical (unpaired) electrons. The molecule has 25 heavy (non-hydrogen) atoms. The number of amides is 2. The lowest BCUT2D eigenvalue weighted by Gasteiger charge is -2.28. The highest BCUT2D eigenvalue weighted by Crippen LogP contribution is 2.28. The van der Waals surface area contributed by atoms with E-state index in [0.29, 0.717) is 23.6 Å². The van der Waals surface area contributed by atoms with Gasteiger partial charge < -0.3 is 14.7 Å². The standard InChI is InChI=1S/C19H29N3O3/c1-12(2)17-16(13(3)21-25-17)19(24)22-11-7-10-15(22)18(23)20-14-8-5-4-6-9-14/h12,14-15H,4-11H2,1-3H3,(H,20,23). The SMILES string of the molecule is Cc1noc(C(C)C)c1C(=O)N1CCCC1C(=O)NC1CCCCC1. The van der Waals surface area contributed by atoms with Gasteiger partial charge in [0.1, 0.15) is 11.6 Å². The van der Waals surface area contributed by atoms with Crippen molar-refractivity contribution < 1.29 is 14.1 Å². The Bertz CT molecular complexity index is 632. The second kappa shape index (κ2) is 7.58. The van der Waals surface area contributed by atoms with Crippen molar-refractivity contribution in [2.45, 2.75) is 83.7 Å². The minimum absolute atomic E-state index is 0.00189. The lowest BCUT2D eigenvalue weighted by Crippen LogP contribution is -2.49. The van der Waals surface area contributed by atoms with Gasteiger partial charge in [-0.3, -0.25) is 9.59 Å². The monoisotopic (exact) mass is 347 g/mol.